The molecule has 1 aromatic rings. The van der Waals surface area contributed by atoms with E-state index in [0.29, 0.717) is 43.3 Å². The molecular formula is C23H30ClN5O5S. The van der Waals surface area contributed by atoms with Gasteiger partial charge in [-0.2, -0.15) is 0 Å². The first kappa shape index (κ1) is 27.0. The highest BCUT2D eigenvalue weighted by Gasteiger charge is 2.43. The summed E-state index contributed by atoms with van der Waals surface area (Å²) in [7, 11) is 0. The summed E-state index contributed by atoms with van der Waals surface area (Å²) in [4.78, 5) is 58.0. The molecule has 0 radical (unpaired) electrons. The van der Waals surface area contributed by atoms with E-state index in [1.54, 1.807) is 13.8 Å². The Kier molecular flexibility index (Phi) is 8.79. The van der Waals surface area contributed by atoms with Crippen LogP contribution in [0.1, 0.15) is 72.0 Å². The standard InChI is InChI=1S/C23H30ClN5O5S/c1-12(25)21(32)28-10-6-9-15(28)22(33)29(14-7-4-3-5-8-14)23(34)19-18(24)17(13(2)35-19)20(26)27-11-16(30)31/h11-12,14-15,26H,3-10,25H2,1-2H3,(H,30,31)/t12-,15-/m0/s1. The molecule has 10 nitrogen and oxygen atoms in total. The molecular weight excluding hydrogens is 494 g/mol. The Morgan fingerprint density at radius 1 is 1.23 bits per heavy atom. The summed E-state index contributed by atoms with van der Waals surface area (Å²) in [5.41, 5.74) is 5.95. The largest absolute Gasteiger partial charge is 0.477 e. The van der Waals surface area contributed by atoms with Crippen LogP contribution in [0, 0.1) is 12.3 Å². The number of halogens is 1. The number of likely N-dealkylation sites (tertiary alicyclic amines) is 1. The lowest BCUT2D eigenvalue weighted by Gasteiger charge is -2.36. The zero-order chi connectivity index (χ0) is 25.9. The quantitative estimate of drug-likeness (QED) is 0.295. The van der Waals surface area contributed by atoms with Gasteiger partial charge in [0.05, 0.1) is 16.6 Å². The topological polar surface area (TPSA) is 157 Å². The van der Waals surface area contributed by atoms with Gasteiger partial charge in [0, 0.05) is 17.5 Å². The number of hydrogen-bond donors (Lipinski definition) is 3. The van der Waals surface area contributed by atoms with Gasteiger partial charge in [0.15, 0.2) is 5.84 Å². The van der Waals surface area contributed by atoms with Gasteiger partial charge in [0.25, 0.3) is 11.8 Å². The van der Waals surface area contributed by atoms with Crippen molar-refractivity contribution in [3.05, 3.63) is 20.3 Å². The Bertz CT molecular complexity index is 1060. The normalized spacial score (nSPS) is 19.7. The van der Waals surface area contributed by atoms with Crippen LogP contribution in [0.3, 0.4) is 0 Å². The van der Waals surface area contributed by atoms with Gasteiger partial charge in [-0.1, -0.05) is 30.9 Å². The molecule has 1 saturated heterocycles. The van der Waals surface area contributed by atoms with Crippen LogP contribution in [-0.4, -0.2) is 75.3 Å². The monoisotopic (exact) mass is 523 g/mol. The number of aryl methyl sites for hydroxylation is 1. The lowest BCUT2D eigenvalue weighted by atomic mass is 9.93. The summed E-state index contributed by atoms with van der Waals surface area (Å²) < 4.78 is 0. The predicted molar refractivity (Wildman–Crippen MR) is 133 cm³/mol. The molecule has 12 heteroatoms. The number of carboxylic acid groups (broad SMARTS) is 1. The Hall–Kier alpha value is -2.63. The highest BCUT2D eigenvalue weighted by molar-refractivity contribution is 7.15. The second-order valence-electron chi connectivity index (χ2n) is 8.90. The number of nitrogens with zero attached hydrogens (tertiary/aromatic N) is 3. The molecule has 2 fully saturated rings. The number of carbonyl (C=O) groups is 4. The fourth-order valence-corrected chi connectivity index (χ4v) is 6.18. The number of imide groups is 1. The third kappa shape index (κ3) is 5.79. The number of nitrogens with two attached hydrogens (primary N) is 1. The van der Waals surface area contributed by atoms with Crippen molar-refractivity contribution >= 4 is 58.7 Å². The minimum Gasteiger partial charge on any atom is -0.477 e. The molecule has 4 N–H and O–H groups in total. The molecule has 0 bridgehead atoms. The van der Waals surface area contributed by atoms with Crippen LogP contribution in [0.4, 0.5) is 0 Å². The van der Waals surface area contributed by atoms with Crippen LogP contribution in [0.15, 0.2) is 4.99 Å². The highest BCUT2D eigenvalue weighted by Crippen LogP contribution is 2.36. The Morgan fingerprint density at radius 3 is 2.49 bits per heavy atom. The van der Waals surface area contributed by atoms with Crippen molar-refractivity contribution in [3.63, 3.8) is 0 Å². The number of rotatable bonds is 6. The molecule has 2 heterocycles. The van der Waals surface area contributed by atoms with Crippen molar-refractivity contribution in [2.75, 3.05) is 6.54 Å². The molecule has 0 aromatic carbocycles. The summed E-state index contributed by atoms with van der Waals surface area (Å²) in [5, 5.41) is 16.9. The highest BCUT2D eigenvalue weighted by atomic mass is 35.5. The molecule has 1 aromatic heterocycles. The summed E-state index contributed by atoms with van der Waals surface area (Å²) >= 11 is 7.55. The molecule has 190 valence electrons. The van der Waals surface area contributed by atoms with Crippen molar-refractivity contribution in [2.24, 2.45) is 10.7 Å². The summed E-state index contributed by atoms with van der Waals surface area (Å²) in [6.45, 7) is 3.63. The zero-order valence-corrected chi connectivity index (χ0v) is 21.3. The second kappa shape index (κ2) is 11.4. The average Bonchev–Trinajstić information content (AvgIpc) is 3.42. The van der Waals surface area contributed by atoms with E-state index >= 15 is 0 Å². The fraction of sp³-hybridized carbons (Fsp3) is 0.565. The van der Waals surface area contributed by atoms with Crippen molar-refractivity contribution < 1.29 is 24.3 Å². The number of aliphatic imine (C=N–C) groups is 1. The van der Waals surface area contributed by atoms with Crippen LogP contribution in [0.25, 0.3) is 0 Å². The van der Waals surface area contributed by atoms with E-state index in [0.717, 1.165) is 30.6 Å². The van der Waals surface area contributed by atoms with Crippen molar-refractivity contribution in [1.82, 2.24) is 9.80 Å². The van der Waals surface area contributed by atoms with E-state index in [-0.39, 0.29) is 33.2 Å². The number of thiophene rings is 1. The van der Waals surface area contributed by atoms with Gasteiger partial charge in [0.1, 0.15) is 17.1 Å². The predicted octanol–water partition coefficient (Wildman–Crippen LogP) is 2.83. The van der Waals surface area contributed by atoms with Gasteiger partial charge < -0.3 is 15.7 Å². The maximum absolute atomic E-state index is 13.8. The van der Waals surface area contributed by atoms with Gasteiger partial charge in [0.2, 0.25) is 5.91 Å². The number of aliphatic carboxylic acids is 1. The smallest absolute Gasteiger partial charge is 0.347 e. The Labute approximate surface area is 212 Å². The number of nitrogens with one attached hydrogen (secondary N) is 1. The van der Waals surface area contributed by atoms with Crippen molar-refractivity contribution in [2.45, 2.75) is 76.9 Å². The molecule has 0 spiro atoms. The van der Waals surface area contributed by atoms with Gasteiger partial charge in [-0.25, -0.2) is 9.79 Å². The van der Waals surface area contributed by atoms with Gasteiger partial charge >= 0.3 is 5.97 Å². The maximum atomic E-state index is 13.8. The number of carboxylic acids is 1. The number of amides is 3. The van der Waals surface area contributed by atoms with E-state index in [1.165, 1.54) is 9.80 Å². The molecule has 2 atom stereocenters. The minimum atomic E-state index is -1.31. The van der Waals surface area contributed by atoms with Gasteiger partial charge in [-0.15, -0.1) is 11.3 Å². The first-order valence-electron chi connectivity index (χ1n) is 11.6. The minimum absolute atomic E-state index is 0.0337. The van der Waals surface area contributed by atoms with Gasteiger partial charge in [-0.05, 0) is 39.5 Å². The Morgan fingerprint density at radius 2 is 1.89 bits per heavy atom. The molecule has 35 heavy (non-hydrogen) atoms. The van der Waals surface area contributed by atoms with E-state index in [9.17, 15) is 19.2 Å². The zero-order valence-electron chi connectivity index (χ0n) is 19.8. The second-order valence-corrected chi connectivity index (χ2v) is 10.5. The summed E-state index contributed by atoms with van der Waals surface area (Å²) in [5.74, 6) is -3.02. The van der Waals surface area contributed by atoms with Gasteiger partial charge in [-0.3, -0.25) is 24.7 Å². The molecule has 1 aliphatic heterocycles. The molecule has 1 saturated carbocycles. The third-order valence-corrected chi connectivity index (χ3v) is 7.95. The van der Waals surface area contributed by atoms with E-state index in [1.807, 2.05) is 0 Å². The first-order valence-corrected chi connectivity index (χ1v) is 12.8. The molecule has 2 aliphatic rings. The lowest BCUT2D eigenvalue weighted by Crippen LogP contribution is -2.55. The molecule has 3 rings (SSSR count). The third-order valence-electron chi connectivity index (χ3n) is 6.37. The van der Waals surface area contributed by atoms with Crippen molar-refractivity contribution in [3.8, 4) is 0 Å². The van der Waals surface area contributed by atoms with Crippen LogP contribution in [0.5, 0.6) is 0 Å². The molecule has 0 unspecified atom stereocenters. The van der Waals surface area contributed by atoms with Crippen LogP contribution >= 0.6 is 22.9 Å². The van der Waals surface area contributed by atoms with Crippen molar-refractivity contribution in [1.29, 1.82) is 5.41 Å². The number of amidine groups is 1. The average molecular weight is 524 g/mol. The lowest BCUT2D eigenvalue weighted by molar-refractivity contribution is -0.144. The molecule has 3 amide bonds. The van der Waals surface area contributed by atoms with Crippen LogP contribution in [0.2, 0.25) is 5.02 Å². The van der Waals surface area contributed by atoms with Crippen LogP contribution < -0.4 is 5.73 Å². The summed E-state index contributed by atoms with van der Waals surface area (Å²) in [6, 6.07) is -1.84. The van der Waals surface area contributed by atoms with E-state index < -0.39 is 29.9 Å². The number of hydrogen-bond acceptors (Lipinski definition) is 7. The maximum Gasteiger partial charge on any atom is 0.347 e. The van der Waals surface area contributed by atoms with E-state index in [2.05, 4.69) is 4.99 Å². The first-order chi connectivity index (χ1) is 16.5. The SMILES string of the molecule is Cc1sc(C(=O)N(C(=O)[C@@H]2CCCN2C(=O)[C@H](C)N)C2CCCCC2)c(Cl)c1C(=N)N=CC(=O)O. The van der Waals surface area contributed by atoms with Crippen LogP contribution in [-0.2, 0) is 14.4 Å². The number of carbonyl (C=O) groups excluding carboxylic acids is 3. The molecule has 1 aliphatic carbocycles. The Balaban J connectivity index is 1.98. The fourth-order valence-electron chi connectivity index (χ4n) is 4.71. The summed E-state index contributed by atoms with van der Waals surface area (Å²) in [6.07, 6.45) is 5.79. The van der Waals surface area contributed by atoms with E-state index in [4.69, 9.17) is 27.9 Å².